The summed E-state index contributed by atoms with van der Waals surface area (Å²) in [5.74, 6) is -0.621. The van der Waals surface area contributed by atoms with Crippen LogP contribution in [0.1, 0.15) is 45.2 Å². The Kier molecular flexibility index (Phi) is 6.83. The molecular weight excluding hydrogens is 540 g/mol. The van der Waals surface area contributed by atoms with Crippen LogP contribution in [0.2, 0.25) is 0 Å². The van der Waals surface area contributed by atoms with Gasteiger partial charge in [0.05, 0.1) is 17.2 Å². The Morgan fingerprint density at radius 3 is 2.47 bits per heavy atom. The number of ether oxygens (including phenoxy) is 1. The third kappa shape index (κ3) is 5.57. The molecule has 0 bridgehead atoms. The molecule has 174 valence electrons. The van der Waals surface area contributed by atoms with E-state index in [1.165, 1.54) is 10.6 Å². The lowest BCUT2D eigenvalue weighted by Gasteiger charge is -2.35. The Morgan fingerprint density at radius 1 is 1.19 bits per heavy atom. The van der Waals surface area contributed by atoms with Crippen LogP contribution < -0.4 is 5.56 Å². The number of phenolic OH excluding ortho intramolecular Hbond substituents is 1. The predicted octanol–water partition coefficient (Wildman–Crippen LogP) is 5.42. The highest BCUT2D eigenvalue weighted by Crippen LogP contribution is 2.36. The van der Waals surface area contributed by atoms with E-state index in [9.17, 15) is 27.9 Å². The average molecular weight is 564 g/mol. The molecule has 1 aliphatic heterocycles. The molecule has 0 spiro atoms. The van der Waals surface area contributed by atoms with Crippen LogP contribution in [0, 0.1) is 3.57 Å². The highest BCUT2D eigenvalue weighted by molar-refractivity contribution is 14.1. The Bertz CT molecular complexity index is 1080. The van der Waals surface area contributed by atoms with Gasteiger partial charge in [-0.1, -0.05) is 0 Å². The Balaban J connectivity index is 1.95. The number of aromatic nitrogens is 1. The van der Waals surface area contributed by atoms with Crippen LogP contribution >= 0.6 is 22.6 Å². The fourth-order valence-electron chi connectivity index (χ4n) is 3.64. The van der Waals surface area contributed by atoms with E-state index in [0.29, 0.717) is 29.0 Å². The van der Waals surface area contributed by atoms with Gasteiger partial charge in [-0.2, -0.15) is 13.2 Å². The predicted molar refractivity (Wildman–Crippen MR) is 122 cm³/mol. The number of carbonyl (C=O) groups is 1. The Labute approximate surface area is 197 Å². The molecule has 1 aromatic heterocycles. The number of likely N-dealkylation sites (tertiary alicyclic amines) is 1. The minimum atomic E-state index is -4.60. The van der Waals surface area contributed by atoms with Crippen molar-refractivity contribution in [2.75, 3.05) is 13.1 Å². The van der Waals surface area contributed by atoms with Crippen molar-refractivity contribution in [1.29, 1.82) is 0 Å². The summed E-state index contributed by atoms with van der Waals surface area (Å²) >= 11 is 2.01. The fourth-order valence-corrected chi connectivity index (χ4v) is 4.25. The van der Waals surface area contributed by atoms with Gasteiger partial charge in [-0.15, -0.1) is 0 Å². The highest BCUT2D eigenvalue weighted by Gasteiger charge is 2.32. The summed E-state index contributed by atoms with van der Waals surface area (Å²) in [6.07, 6.45) is -2.09. The Hall–Kier alpha value is -2.24. The molecule has 0 saturated carbocycles. The second kappa shape index (κ2) is 8.95. The normalized spacial score (nSPS) is 17.3. The van der Waals surface area contributed by atoms with Crippen molar-refractivity contribution in [3.8, 4) is 16.9 Å². The van der Waals surface area contributed by atoms with Crippen LogP contribution in [-0.2, 0) is 10.9 Å². The lowest BCUT2D eigenvalue weighted by atomic mass is 10.0. The first kappa shape index (κ1) is 24.4. The lowest BCUT2D eigenvalue weighted by Crippen LogP contribution is -2.45. The van der Waals surface area contributed by atoms with Crippen LogP contribution in [-0.4, -0.2) is 39.4 Å². The van der Waals surface area contributed by atoms with Gasteiger partial charge in [-0.3, -0.25) is 4.79 Å². The van der Waals surface area contributed by atoms with Gasteiger partial charge in [0.15, 0.2) is 0 Å². The standard InChI is InChI=1S/C22H24F3IN2O4/c1-21(2,3)32-20(31)27-8-4-5-15(12-27)28-11-14(26)10-17(19(28)30)16-7-6-13(9-18(16)29)22(23,24)25/h6-7,9-11,15,29H,4-5,8,12H2,1-3H3. The minimum Gasteiger partial charge on any atom is -0.507 e. The number of hydrogen-bond donors (Lipinski definition) is 1. The molecule has 0 radical (unpaired) electrons. The fraction of sp³-hybridized carbons (Fsp3) is 0.455. The van der Waals surface area contributed by atoms with Crippen LogP contribution in [0.3, 0.4) is 0 Å². The van der Waals surface area contributed by atoms with Crippen molar-refractivity contribution in [3.05, 3.63) is 49.9 Å². The highest BCUT2D eigenvalue weighted by atomic mass is 127. The van der Waals surface area contributed by atoms with Crippen LogP contribution in [0.25, 0.3) is 11.1 Å². The van der Waals surface area contributed by atoms with Crippen molar-refractivity contribution >= 4 is 28.7 Å². The van der Waals surface area contributed by atoms with Crippen LogP contribution in [0.4, 0.5) is 18.0 Å². The van der Waals surface area contributed by atoms with Gasteiger partial charge < -0.3 is 19.3 Å². The molecular formula is C22H24F3IN2O4. The number of rotatable bonds is 2. The molecule has 1 N–H and O–H groups in total. The average Bonchev–Trinajstić information content (AvgIpc) is 2.67. The number of nitrogens with zero attached hydrogens (tertiary/aromatic N) is 2. The third-order valence-electron chi connectivity index (χ3n) is 5.07. The van der Waals surface area contributed by atoms with E-state index in [2.05, 4.69) is 0 Å². The molecule has 6 nitrogen and oxygen atoms in total. The summed E-state index contributed by atoms with van der Waals surface area (Å²) in [6.45, 7) is 6.11. The molecule has 1 saturated heterocycles. The van der Waals surface area contributed by atoms with E-state index in [0.717, 1.165) is 12.1 Å². The first-order valence-corrected chi connectivity index (χ1v) is 11.1. The van der Waals surface area contributed by atoms with Gasteiger partial charge in [0.1, 0.15) is 11.4 Å². The zero-order valence-electron chi connectivity index (χ0n) is 17.9. The molecule has 1 unspecified atom stereocenters. The third-order valence-corrected chi connectivity index (χ3v) is 5.66. The number of benzene rings is 1. The van der Waals surface area contributed by atoms with Gasteiger partial charge in [0.25, 0.3) is 5.56 Å². The van der Waals surface area contributed by atoms with Crippen LogP contribution in [0.5, 0.6) is 5.75 Å². The number of amides is 1. The number of carbonyl (C=O) groups excluding carboxylic acids is 1. The van der Waals surface area contributed by atoms with Gasteiger partial charge in [-0.25, -0.2) is 4.79 Å². The molecule has 2 aromatic rings. The number of hydrogen-bond acceptors (Lipinski definition) is 4. The van der Waals surface area contributed by atoms with Gasteiger partial charge in [0, 0.05) is 28.4 Å². The molecule has 1 amide bonds. The first-order chi connectivity index (χ1) is 14.8. The van der Waals surface area contributed by atoms with Crippen LogP contribution in [0.15, 0.2) is 35.3 Å². The van der Waals surface area contributed by atoms with E-state index in [4.69, 9.17) is 4.74 Å². The maximum absolute atomic E-state index is 13.3. The van der Waals surface area contributed by atoms with E-state index >= 15 is 0 Å². The molecule has 0 aliphatic carbocycles. The topological polar surface area (TPSA) is 71.8 Å². The summed E-state index contributed by atoms with van der Waals surface area (Å²) < 4.78 is 46.4. The maximum Gasteiger partial charge on any atom is 0.416 e. The molecule has 1 aromatic carbocycles. The quantitative estimate of drug-likeness (QED) is 0.495. The largest absolute Gasteiger partial charge is 0.507 e. The maximum atomic E-state index is 13.3. The SMILES string of the molecule is CC(C)(C)OC(=O)N1CCCC(n2cc(I)cc(-c3ccc(C(F)(F)F)cc3O)c2=O)C1. The summed E-state index contributed by atoms with van der Waals surface area (Å²) in [5, 5.41) is 10.2. The number of alkyl halides is 3. The monoisotopic (exact) mass is 564 g/mol. The number of piperidine rings is 1. The van der Waals surface area contributed by atoms with E-state index in [1.807, 2.05) is 22.6 Å². The smallest absolute Gasteiger partial charge is 0.416 e. The number of phenols is 1. The van der Waals surface area contributed by atoms with Crippen molar-refractivity contribution in [2.24, 2.45) is 0 Å². The van der Waals surface area contributed by atoms with E-state index < -0.39 is 34.7 Å². The van der Waals surface area contributed by atoms with Crippen molar-refractivity contribution in [3.63, 3.8) is 0 Å². The summed E-state index contributed by atoms with van der Waals surface area (Å²) in [5.41, 5.74) is -1.97. The summed E-state index contributed by atoms with van der Waals surface area (Å²) in [7, 11) is 0. The second-order valence-corrected chi connectivity index (χ2v) is 9.98. The first-order valence-electron chi connectivity index (χ1n) is 10.1. The zero-order valence-corrected chi connectivity index (χ0v) is 20.0. The minimum absolute atomic E-state index is 0.0232. The van der Waals surface area contributed by atoms with Gasteiger partial charge in [-0.05, 0) is 80.5 Å². The molecule has 1 fully saturated rings. The molecule has 10 heteroatoms. The second-order valence-electron chi connectivity index (χ2n) is 8.74. The zero-order chi connectivity index (χ0) is 23.8. The molecule has 2 heterocycles. The van der Waals surface area contributed by atoms with Crippen molar-refractivity contribution < 1.29 is 27.8 Å². The number of pyridine rings is 1. The van der Waals surface area contributed by atoms with Gasteiger partial charge in [0.2, 0.25) is 0 Å². The van der Waals surface area contributed by atoms with Crippen molar-refractivity contribution in [2.45, 2.75) is 51.4 Å². The number of aromatic hydroxyl groups is 1. The molecule has 1 aliphatic rings. The Morgan fingerprint density at radius 2 is 1.88 bits per heavy atom. The van der Waals surface area contributed by atoms with E-state index in [-0.39, 0.29) is 23.7 Å². The molecule has 1 atom stereocenters. The molecule has 3 rings (SSSR count). The van der Waals surface area contributed by atoms with Crippen molar-refractivity contribution in [1.82, 2.24) is 9.47 Å². The molecule has 32 heavy (non-hydrogen) atoms. The van der Waals surface area contributed by atoms with Gasteiger partial charge >= 0.3 is 12.3 Å². The summed E-state index contributed by atoms with van der Waals surface area (Å²) in [4.78, 5) is 27.3. The summed E-state index contributed by atoms with van der Waals surface area (Å²) in [6, 6.07) is 3.75. The lowest BCUT2D eigenvalue weighted by molar-refractivity contribution is -0.137. The van der Waals surface area contributed by atoms with E-state index in [1.54, 1.807) is 31.9 Å². The number of halogens is 4.